The van der Waals surface area contributed by atoms with Crippen molar-refractivity contribution in [2.45, 2.75) is 56.9 Å². The van der Waals surface area contributed by atoms with Gasteiger partial charge in [-0.2, -0.15) is 0 Å². The van der Waals surface area contributed by atoms with Gasteiger partial charge in [0.2, 0.25) is 0 Å². The molecule has 0 unspecified atom stereocenters. The van der Waals surface area contributed by atoms with Gasteiger partial charge >= 0.3 is 0 Å². The Morgan fingerprint density at radius 1 is 1.07 bits per heavy atom. The zero-order valence-corrected chi connectivity index (χ0v) is 16.0. The highest BCUT2D eigenvalue weighted by atomic mass is 35.5. The van der Waals surface area contributed by atoms with Crippen molar-refractivity contribution in [1.29, 1.82) is 0 Å². The smallest absolute Gasteiger partial charge is 0.184 e. The summed E-state index contributed by atoms with van der Waals surface area (Å²) >= 11 is 5.79. The van der Waals surface area contributed by atoms with E-state index >= 15 is 0 Å². The van der Waals surface area contributed by atoms with Gasteiger partial charge in [0.1, 0.15) is 11.5 Å². The molecule has 1 aromatic carbocycles. The predicted octanol–water partition coefficient (Wildman–Crippen LogP) is 5.37. The van der Waals surface area contributed by atoms with Gasteiger partial charge in [0.05, 0.1) is 10.7 Å². The predicted molar refractivity (Wildman–Crippen MR) is 105 cm³/mol. The third kappa shape index (κ3) is 3.92. The second-order valence-electron chi connectivity index (χ2n) is 7.81. The van der Waals surface area contributed by atoms with Crippen LogP contribution in [-0.4, -0.2) is 10.8 Å². The van der Waals surface area contributed by atoms with E-state index in [1.54, 1.807) is 6.07 Å². The van der Waals surface area contributed by atoms with Crippen LogP contribution in [0.2, 0.25) is 5.02 Å². The van der Waals surface area contributed by atoms with E-state index in [1.807, 2.05) is 18.2 Å². The van der Waals surface area contributed by atoms with Crippen LogP contribution in [0.15, 0.2) is 30.3 Å². The Bertz CT molecular complexity index is 857. The van der Waals surface area contributed by atoms with Crippen molar-refractivity contribution in [3.63, 3.8) is 0 Å². The van der Waals surface area contributed by atoms with Crippen molar-refractivity contribution in [3.05, 3.63) is 63.7 Å². The van der Waals surface area contributed by atoms with E-state index in [0.29, 0.717) is 18.2 Å². The summed E-state index contributed by atoms with van der Waals surface area (Å²) in [6, 6.07) is 9.04. The molecule has 2 aromatic rings. The van der Waals surface area contributed by atoms with Crippen LogP contribution in [0.5, 0.6) is 0 Å². The highest BCUT2D eigenvalue weighted by Crippen LogP contribution is 2.43. The zero-order valence-electron chi connectivity index (χ0n) is 15.3. The molecule has 2 saturated carbocycles. The van der Waals surface area contributed by atoms with E-state index in [0.717, 1.165) is 55.3 Å². The van der Waals surface area contributed by atoms with Gasteiger partial charge in [0.15, 0.2) is 5.78 Å². The number of nitrogens with zero attached hydrogens (tertiary/aromatic N) is 1. The third-order valence-corrected chi connectivity index (χ3v) is 6.26. The summed E-state index contributed by atoms with van der Waals surface area (Å²) < 4.78 is 13.8. The lowest BCUT2D eigenvalue weighted by atomic mass is 9.76. The van der Waals surface area contributed by atoms with E-state index in [-0.39, 0.29) is 28.5 Å². The van der Waals surface area contributed by atoms with Crippen molar-refractivity contribution in [1.82, 2.24) is 4.98 Å². The monoisotopic (exact) mass is 386 g/mol. The van der Waals surface area contributed by atoms with Crippen LogP contribution < -0.4 is 5.73 Å². The average molecular weight is 387 g/mol. The fraction of sp³-hybridized carbons (Fsp3) is 0.455. The topological polar surface area (TPSA) is 56.0 Å². The number of nitrogens with two attached hydrogens (primary N) is 1. The van der Waals surface area contributed by atoms with E-state index < -0.39 is 0 Å². The first-order valence-corrected chi connectivity index (χ1v) is 10.1. The summed E-state index contributed by atoms with van der Waals surface area (Å²) in [5.74, 6) is 0.553. The molecule has 142 valence electrons. The number of ketones is 1. The fourth-order valence-electron chi connectivity index (χ4n) is 4.19. The Hall–Kier alpha value is -1.78. The number of rotatable bonds is 5. The molecule has 1 heterocycles. The lowest BCUT2D eigenvalue weighted by molar-refractivity contribution is 0.0877. The lowest BCUT2D eigenvalue weighted by Gasteiger charge is -2.28. The van der Waals surface area contributed by atoms with Gasteiger partial charge in [-0.05, 0) is 79.7 Å². The molecule has 2 aliphatic rings. The fourth-order valence-corrected chi connectivity index (χ4v) is 4.31. The number of pyridine rings is 1. The van der Waals surface area contributed by atoms with Crippen molar-refractivity contribution in [2.24, 2.45) is 11.7 Å². The van der Waals surface area contributed by atoms with Gasteiger partial charge < -0.3 is 5.73 Å². The first kappa shape index (κ1) is 18.6. The number of aromatic nitrogens is 1. The molecule has 27 heavy (non-hydrogen) atoms. The maximum absolute atomic E-state index is 13.8. The molecule has 0 bridgehead atoms. The van der Waals surface area contributed by atoms with Gasteiger partial charge in [-0.1, -0.05) is 23.7 Å². The average Bonchev–Trinajstić information content (AvgIpc) is 3.54. The maximum atomic E-state index is 13.8. The van der Waals surface area contributed by atoms with E-state index in [4.69, 9.17) is 17.3 Å². The minimum absolute atomic E-state index is 0.00331. The number of hydrogen-bond donors (Lipinski definition) is 1. The number of benzene rings is 1. The molecule has 2 fully saturated rings. The quantitative estimate of drug-likeness (QED) is 0.703. The van der Waals surface area contributed by atoms with E-state index in [2.05, 4.69) is 4.98 Å². The molecule has 0 spiro atoms. The molecule has 2 N–H and O–H groups in total. The van der Waals surface area contributed by atoms with Gasteiger partial charge in [0, 0.05) is 12.5 Å². The van der Waals surface area contributed by atoms with Crippen LogP contribution >= 0.6 is 11.6 Å². The molecule has 2 aliphatic carbocycles. The van der Waals surface area contributed by atoms with Gasteiger partial charge in [-0.3, -0.25) is 4.79 Å². The second-order valence-corrected chi connectivity index (χ2v) is 8.21. The SMILES string of the molecule is NCc1ccc(C2CC2)c(C(=O)C2CCC(c3ccc(Cl)c(F)c3)CC2)n1. The molecule has 5 heteroatoms. The summed E-state index contributed by atoms with van der Waals surface area (Å²) in [6.07, 6.45) is 5.66. The number of carbonyl (C=O) groups is 1. The zero-order chi connectivity index (χ0) is 19.0. The largest absolute Gasteiger partial charge is 0.325 e. The normalized spacial score (nSPS) is 22.6. The van der Waals surface area contributed by atoms with Gasteiger partial charge in [-0.15, -0.1) is 0 Å². The molecule has 0 radical (unpaired) electrons. The second kappa shape index (κ2) is 7.69. The minimum Gasteiger partial charge on any atom is -0.325 e. The summed E-state index contributed by atoms with van der Waals surface area (Å²) in [6.45, 7) is 0.347. The van der Waals surface area contributed by atoms with Crippen LogP contribution in [0.1, 0.15) is 77.7 Å². The maximum Gasteiger partial charge on any atom is 0.184 e. The molecular weight excluding hydrogens is 363 g/mol. The molecule has 0 saturated heterocycles. The van der Waals surface area contributed by atoms with E-state index in [1.165, 1.54) is 6.07 Å². The van der Waals surface area contributed by atoms with Crippen molar-refractivity contribution in [2.75, 3.05) is 0 Å². The minimum atomic E-state index is -0.371. The number of Topliss-reactive ketones (excluding diaryl/α,β-unsaturated/α-hetero) is 1. The number of hydrogen-bond acceptors (Lipinski definition) is 3. The standard InChI is InChI=1S/C22H24ClFN2O/c23-19-10-7-16(11-20(19)24)13-1-5-15(6-2-13)22(27)21-18(14-3-4-14)9-8-17(12-25)26-21/h7-11,13-15H,1-6,12,25H2. The third-order valence-electron chi connectivity index (χ3n) is 5.96. The molecule has 0 amide bonds. The summed E-state index contributed by atoms with van der Waals surface area (Å²) in [7, 11) is 0. The van der Waals surface area contributed by atoms with Crippen molar-refractivity contribution >= 4 is 17.4 Å². The van der Waals surface area contributed by atoms with Crippen LogP contribution in [-0.2, 0) is 6.54 Å². The Balaban J connectivity index is 1.48. The molecule has 1 aromatic heterocycles. The first-order chi connectivity index (χ1) is 13.1. The Morgan fingerprint density at radius 2 is 1.78 bits per heavy atom. The molecule has 3 nitrogen and oxygen atoms in total. The molecule has 0 atom stereocenters. The highest BCUT2D eigenvalue weighted by molar-refractivity contribution is 6.30. The highest BCUT2D eigenvalue weighted by Gasteiger charge is 2.33. The van der Waals surface area contributed by atoms with Crippen LogP contribution in [0.3, 0.4) is 0 Å². The summed E-state index contributed by atoms with van der Waals surface area (Å²) in [4.78, 5) is 17.8. The van der Waals surface area contributed by atoms with Crippen molar-refractivity contribution in [3.8, 4) is 0 Å². The molecule has 4 rings (SSSR count). The van der Waals surface area contributed by atoms with Crippen molar-refractivity contribution < 1.29 is 9.18 Å². The Kier molecular flexibility index (Phi) is 5.29. The van der Waals surface area contributed by atoms with Gasteiger partial charge in [-0.25, -0.2) is 9.37 Å². The first-order valence-electron chi connectivity index (χ1n) is 9.76. The summed E-state index contributed by atoms with van der Waals surface area (Å²) in [5.41, 5.74) is 9.22. The Labute approximate surface area is 164 Å². The van der Waals surface area contributed by atoms with Crippen LogP contribution in [0.25, 0.3) is 0 Å². The molecule has 0 aliphatic heterocycles. The van der Waals surface area contributed by atoms with Crippen LogP contribution in [0, 0.1) is 11.7 Å². The molecular formula is C22H24ClFN2O. The van der Waals surface area contributed by atoms with Crippen LogP contribution in [0.4, 0.5) is 4.39 Å². The Morgan fingerprint density at radius 3 is 2.41 bits per heavy atom. The summed E-state index contributed by atoms with van der Waals surface area (Å²) in [5, 5.41) is 0.154. The van der Waals surface area contributed by atoms with E-state index in [9.17, 15) is 9.18 Å². The lowest BCUT2D eigenvalue weighted by Crippen LogP contribution is -2.23. The number of carbonyl (C=O) groups excluding carboxylic acids is 1. The van der Waals surface area contributed by atoms with Gasteiger partial charge in [0.25, 0.3) is 0 Å². The number of halogens is 2.